The second-order valence-electron chi connectivity index (χ2n) is 11.5. The molecule has 1 aromatic heterocycles. The van der Waals surface area contributed by atoms with Gasteiger partial charge in [-0.05, 0) is 75.3 Å². The van der Waals surface area contributed by atoms with Gasteiger partial charge in [0.15, 0.2) is 0 Å². The number of carbonyl (C=O) groups excluding carboxylic acids is 2. The highest BCUT2D eigenvalue weighted by Crippen LogP contribution is 2.34. The van der Waals surface area contributed by atoms with Gasteiger partial charge >= 0.3 is 11.7 Å². The molecule has 2 aromatic rings. The van der Waals surface area contributed by atoms with Gasteiger partial charge in [-0.15, -0.1) is 0 Å². The van der Waals surface area contributed by atoms with Crippen LogP contribution in [0.15, 0.2) is 35.3 Å². The highest BCUT2D eigenvalue weighted by atomic mass is 127. The van der Waals surface area contributed by atoms with Crippen molar-refractivity contribution in [1.82, 2.24) is 22.5 Å². The number of rotatable bonds is 5. The number of amides is 3. The second kappa shape index (κ2) is 11.1. The van der Waals surface area contributed by atoms with Gasteiger partial charge in [0.05, 0.1) is 11.2 Å². The van der Waals surface area contributed by atoms with E-state index in [0.29, 0.717) is 44.3 Å². The van der Waals surface area contributed by atoms with Gasteiger partial charge < -0.3 is 21.3 Å². The Balaban J connectivity index is 1.19. The molecule has 3 amide bonds. The van der Waals surface area contributed by atoms with E-state index < -0.39 is 11.2 Å². The minimum atomic E-state index is -0.945. The molecule has 2 heterocycles. The number of nitrogens with zero attached hydrogens (tertiary/aromatic N) is 5. The zero-order valence-corrected chi connectivity index (χ0v) is 24.6. The fraction of sp³-hybridized carbons (Fsp3) is 0.556. The minimum Gasteiger partial charge on any atom is -0.338 e. The molecule has 1 unspecified atom stereocenters. The molecule has 1 atom stereocenters. The van der Waals surface area contributed by atoms with E-state index in [1.807, 2.05) is 6.07 Å². The van der Waals surface area contributed by atoms with Crippen LogP contribution in [0.25, 0.3) is 5.69 Å². The van der Waals surface area contributed by atoms with Crippen LogP contribution in [0.2, 0.25) is 0 Å². The second-order valence-corrected chi connectivity index (χ2v) is 12.6. The quantitative estimate of drug-likeness (QED) is 0.331. The van der Waals surface area contributed by atoms with E-state index in [-0.39, 0.29) is 17.8 Å². The number of benzene rings is 1. The first-order valence-corrected chi connectivity index (χ1v) is 14.5. The fourth-order valence-electron chi connectivity index (χ4n) is 5.59. The van der Waals surface area contributed by atoms with Gasteiger partial charge in [-0.2, -0.15) is 4.98 Å². The Kier molecular flexibility index (Phi) is 8.00. The summed E-state index contributed by atoms with van der Waals surface area (Å²) in [4.78, 5) is 45.4. The fourth-order valence-corrected chi connectivity index (χ4v) is 6.52. The van der Waals surface area contributed by atoms with E-state index >= 15 is 0 Å². The topological polar surface area (TPSA) is 143 Å². The number of aromatic nitrogens is 2. The number of carbonyl (C=O) groups is 2. The molecule has 2 fully saturated rings. The number of hydrogen-bond donors (Lipinski definition) is 3. The minimum absolute atomic E-state index is 0.138. The summed E-state index contributed by atoms with van der Waals surface area (Å²) in [6.45, 7) is 4.92. The Morgan fingerprint density at radius 2 is 1.77 bits per heavy atom. The van der Waals surface area contributed by atoms with E-state index in [9.17, 15) is 14.4 Å². The van der Waals surface area contributed by atoms with Crippen LogP contribution in [-0.4, -0.2) is 84.2 Å². The van der Waals surface area contributed by atoms with Crippen molar-refractivity contribution >= 4 is 40.6 Å². The average molecular weight is 649 g/mol. The maximum atomic E-state index is 12.9. The standard InChI is InChI=1S/C27H37IN8O3/c1-27(2,30)24(37)33-9-11-34(12-10-33)25(38)31-23-7-8-35(26(39)32-23)20-5-3-18-14-21(6-4-17(18)13-20)36(28)22-15-19(29)16-22/h3,5,7-8,13,19,21-22H,4,6,9-12,14-16,29-30H2,1-2H3,(H,31,32,38,39). The summed E-state index contributed by atoms with van der Waals surface area (Å²) in [5.41, 5.74) is 13.9. The highest BCUT2D eigenvalue weighted by molar-refractivity contribution is 14.1. The summed E-state index contributed by atoms with van der Waals surface area (Å²) in [5, 5.41) is 2.71. The van der Waals surface area contributed by atoms with Crippen molar-refractivity contribution in [2.45, 2.75) is 69.6 Å². The van der Waals surface area contributed by atoms with Crippen molar-refractivity contribution in [1.29, 1.82) is 0 Å². The third-order valence-electron chi connectivity index (χ3n) is 7.96. The van der Waals surface area contributed by atoms with Crippen LogP contribution in [0.3, 0.4) is 0 Å². The van der Waals surface area contributed by atoms with E-state index in [1.165, 1.54) is 15.7 Å². The lowest BCUT2D eigenvalue weighted by Gasteiger charge is -2.43. The van der Waals surface area contributed by atoms with Crippen molar-refractivity contribution in [2.24, 2.45) is 11.5 Å². The summed E-state index contributed by atoms with van der Waals surface area (Å²) in [6.07, 6.45) is 6.82. The van der Waals surface area contributed by atoms with Crippen molar-refractivity contribution in [3.63, 3.8) is 0 Å². The van der Waals surface area contributed by atoms with E-state index in [2.05, 4.69) is 48.4 Å². The number of anilines is 1. The predicted molar refractivity (Wildman–Crippen MR) is 158 cm³/mol. The van der Waals surface area contributed by atoms with Crippen LogP contribution in [0.4, 0.5) is 10.6 Å². The van der Waals surface area contributed by atoms with Crippen LogP contribution in [0.1, 0.15) is 44.2 Å². The number of fused-ring (bicyclic) bond motifs is 1. The molecule has 0 bridgehead atoms. The number of nitrogens with two attached hydrogens (primary N) is 2. The smallest absolute Gasteiger partial charge is 0.338 e. The zero-order valence-electron chi connectivity index (χ0n) is 22.5. The summed E-state index contributed by atoms with van der Waals surface area (Å²) in [7, 11) is 0. The number of aryl methyl sites for hydroxylation is 1. The molecule has 39 heavy (non-hydrogen) atoms. The average Bonchev–Trinajstić information content (AvgIpc) is 2.89. The van der Waals surface area contributed by atoms with Crippen molar-refractivity contribution in [3.05, 3.63) is 52.1 Å². The molecule has 2 aliphatic carbocycles. The Hall–Kier alpha value is -2.55. The van der Waals surface area contributed by atoms with Gasteiger partial charge in [-0.3, -0.25) is 14.7 Å². The van der Waals surface area contributed by atoms with Gasteiger partial charge in [0.1, 0.15) is 5.82 Å². The Bertz CT molecular complexity index is 1290. The number of piperazine rings is 1. The monoisotopic (exact) mass is 648 g/mol. The third kappa shape index (κ3) is 6.13. The van der Waals surface area contributed by atoms with Crippen molar-refractivity contribution < 1.29 is 9.59 Å². The van der Waals surface area contributed by atoms with Gasteiger partial charge in [0.2, 0.25) is 5.91 Å². The molecule has 210 valence electrons. The molecular formula is C27H37IN8O3. The first-order chi connectivity index (χ1) is 18.5. The summed E-state index contributed by atoms with van der Waals surface area (Å²) >= 11 is 2.47. The van der Waals surface area contributed by atoms with Gasteiger partial charge in [-0.1, -0.05) is 6.07 Å². The molecule has 0 radical (unpaired) electrons. The molecular weight excluding hydrogens is 611 g/mol. The lowest BCUT2D eigenvalue weighted by molar-refractivity contribution is -0.137. The van der Waals surface area contributed by atoms with Crippen LogP contribution < -0.4 is 22.5 Å². The number of hydrogen-bond acceptors (Lipinski definition) is 7. The largest absolute Gasteiger partial charge is 0.354 e. The van der Waals surface area contributed by atoms with Crippen LogP contribution in [0.5, 0.6) is 0 Å². The summed E-state index contributed by atoms with van der Waals surface area (Å²) in [6, 6.07) is 8.85. The normalized spacial score (nSPS) is 23.3. The van der Waals surface area contributed by atoms with Gasteiger partial charge in [0.25, 0.3) is 0 Å². The molecule has 1 saturated carbocycles. The first kappa shape index (κ1) is 28.0. The van der Waals surface area contributed by atoms with E-state index in [1.54, 1.807) is 35.9 Å². The zero-order chi connectivity index (χ0) is 27.9. The lowest BCUT2D eigenvalue weighted by Crippen LogP contribution is -2.58. The molecule has 1 saturated heterocycles. The number of urea groups is 1. The lowest BCUT2D eigenvalue weighted by atomic mass is 9.83. The molecule has 0 spiro atoms. The third-order valence-corrected chi connectivity index (χ3v) is 9.54. The molecule has 12 heteroatoms. The molecule has 11 nitrogen and oxygen atoms in total. The SMILES string of the molecule is CC(C)(N)C(=O)N1CCN(C(=O)Nc2ccn(-c3ccc4c(c3)CCC(N(I)C3CC(N)C3)C4)c(=O)n2)CC1. The van der Waals surface area contributed by atoms with Gasteiger partial charge in [0, 0.05) is 73.4 Å². The molecule has 5 rings (SSSR count). The molecule has 3 aliphatic rings. The molecule has 1 aromatic carbocycles. The van der Waals surface area contributed by atoms with Gasteiger partial charge in [-0.25, -0.2) is 12.7 Å². The highest BCUT2D eigenvalue weighted by Gasteiger charge is 2.35. The van der Waals surface area contributed by atoms with E-state index in [0.717, 1.165) is 37.8 Å². The Morgan fingerprint density at radius 1 is 1.08 bits per heavy atom. The van der Waals surface area contributed by atoms with Crippen LogP contribution in [0, 0.1) is 0 Å². The van der Waals surface area contributed by atoms with Crippen molar-refractivity contribution in [3.8, 4) is 5.69 Å². The maximum Gasteiger partial charge on any atom is 0.354 e. The number of halogens is 1. The van der Waals surface area contributed by atoms with Crippen LogP contribution >= 0.6 is 22.9 Å². The first-order valence-electron chi connectivity index (χ1n) is 13.6. The Morgan fingerprint density at radius 3 is 2.41 bits per heavy atom. The Labute approximate surface area is 242 Å². The van der Waals surface area contributed by atoms with Crippen molar-refractivity contribution in [2.75, 3.05) is 31.5 Å². The predicted octanol–water partition coefficient (Wildman–Crippen LogP) is 1.64. The van der Waals surface area contributed by atoms with E-state index in [4.69, 9.17) is 11.5 Å². The van der Waals surface area contributed by atoms with Crippen LogP contribution in [-0.2, 0) is 17.6 Å². The molecule has 5 N–H and O–H groups in total. The molecule has 1 aliphatic heterocycles. The summed E-state index contributed by atoms with van der Waals surface area (Å²) in [5.74, 6) is 0.0576. The number of nitrogens with one attached hydrogen (secondary N) is 1. The maximum absolute atomic E-state index is 12.9. The summed E-state index contributed by atoms with van der Waals surface area (Å²) < 4.78 is 3.97.